The molecular weight excluding hydrogens is 136 g/mol. The molecule has 0 N–H and O–H groups in total. The third-order valence-corrected chi connectivity index (χ3v) is 3.56. The van der Waals surface area contributed by atoms with Gasteiger partial charge in [0.25, 0.3) is 0 Å². The summed E-state index contributed by atoms with van der Waals surface area (Å²) >= 11 is 0. The van der Waals surface area contributed by atoms with Crippen LogP contribution in [-0.4, -0.2) is 13.2 Å². The van der Waals surface area contributed by atoms with Crippen LogP contribution in [0.15, 0.2) is 0 Å². The predicted molar refractivity (Wildman–Crippen MR) is 45.5 cm³/mol. The maximum absolute atomic E-state index is 5.28. The molecule has 1 heterocycles. The van der Waals surface area contributed by atoms with E-state index < -0.39 is 0 Å². The van der Waals surface area contributed by atoms with E-state index in [1.165, 1.54) is 32.1 Å². The zero-order valence-electron chi connectivity index (χ0n) is 7.44. The molecule has 2 fully saturated rings. The van der Waals surface area contributed by atoms with Crippen LogP contribution in [0, 0.1) is 11.3 Å². The van der Waals surface area contributed by atoms with Gasteiger partial charge >= 0.3 is 0 Å². The zero-order valence-corrected chi connectivity index (χ0v) is 7.44. The molecule has 0 amide bonds. The minimum Gasteiger partial charge on any atom is -0.380 e. The largest absolute Gasteiger partial charge is 0.380 e. The van der Waals surface area contributed by atoms with E-state index in [4.69, 9.17) is 4.74 Å². The van der Waals surface area contributed by atoms with Crippen molar-refractivity contribution >= 4 is 0 Å². The number of hydrogen-bond donors (Lipinski definition) is 0. The lowest BCUT2D eigenvalue weighted by Crippen LogP contribution is -2.45. The predicted octanol–water partition coefficient (Wildman–Crippen LogP) is 2.60. The van der Waals surface area contributed by atoms with Crippen molar-refractivity contribution in [2.45, 2.75) is 39.0 Å². The van der Waals surface area contributed by atoms with E-state index in [1.54, 1.807) is 0 Å². The molecular formula is C10H18O. The molecule has 1 spiro atoms. The molecule has 0 aromatic rings. The van der Waals surface area contributed by atoms with Gasteiger partial charge in [0.15, 0.2) is 0 Å². The van der Waals surface area contributed by atoms with Crippen molar-refractivity contribution in [3.05, 3.63) is 0 Å². The summed E-state index contributed by atoms with van der Waals surface area (Å²) in [5.41, 5.74) is 0.658. The van der Waals surface area contributed by atoms with Crippen LogP contribution in [0.2, 0.25) is 0 Å². The van der Waals surface area contributed by atoms with Crippen molar-refractivity contribution in [1.82, 2.24) is 0 Å². The lowest BCUT2D eigenvalue weighted by molar-refractivity contribution is -0.136. The van der Waals surface area contributed by atoms with E-state index >= 15 is 0 Å². The fourth-order valence-corrected chi connectivity index (χ4v) is 2.38. The Hall–Kier alpha value is -0.0400. The van der Waals surface area contributed by atoms with Crippen LogP contribution in [0.25, 0.3) is 0 Å². The van der Waals surface area contributed by atoms with E-state index in [-0.39, 0.29) is 0 Å². The quantitative estimate of drug-likeness (QED) is 0.564. The third-order valence-electron chi connectivity index (χ3n) is 3.56. The van der Waals surface area contributed by atoms with Crippen LogP contribution in [0.4, 0.5) is 0 Å². The summed E-state index contributed by atoms with van der Waals surface area (Å²) in [6.07, 6.45) is 7.17. The summed E-state index contributed by atoms with van der Waals surface area (Å²) in [4.78, 5) is 0. The molecule has 0 aromatic carbocycles. The highest BCUT2D eigenvalue weighted by Gasteiger charge is 2.40. The summed E-state index contributed by atoms with van der Waals surface area (Å²) in [6, 6.07) is 0. The standard InChI is InChI=1S/C10H18O/c1-2-9-3-5-10(6-4-9)7-11-8-10/h9H,2-8H2,1H3. The molecule has 1 nitrogen and oxygen atoms in total. The summed E-state index contributed by atoms with van der Waals surface area (Å²) in [6.45, 7) is 4.44. The first-order valence-electron chi connectivity index (χ1n) is 4.92. The second-order valence-corrected chi connectivity index (χ2v) is 4.34. The van der Waals surface area contributed by atoms with Gasteiger partial charge in [-0.25, -0.2) is 0 Å². The lowest BCUT2D eigenvalue weighted by atomic mass is 9.69. The van der Waals surface area contributed by atoms with Crippen LogP contribution < -0.4 is 0 Å². The molecule has 1 aliphatic heterocycles. The fraction of sp³-hybridized carbons (Fsp3) is 1.00. The Morgan fingerprint density at radius 3 is 2.27 bits per heavy atom. The normalized spacial score (nSPS) is 30.3. The maximum atomic E-state index is 5.28. The number of hydrogen-bond acceptors (Lipinski definition) is 1. The van der Waals surface area contributed by atoms with Gasteiger partial charge in [-0.15, -0.1) is 0 Å². The minimum absolute atomic E-state index is 0.658. The summed E-state index contributed by atoms with van der Waals surface area (Å²) in [7, 11) is 0. The van der Waals surface area contributed by atoms with E-state index in [0.29, 0.717) is 5.41 Å². The van der Waals surface area contributed by atoms with Crippen LogP contribution in [0.1, 0.15) is 39.0 Å². The highest BCUT2D eigenvalue weighted by Crippen LogP contribution is 2.44. The molecule has 1 aliphatic carbocycles. The molecule has 2 rings (SSSR count). The van der Waals surface area contributed by atoms with Crippen molar-refractivity contribution < 1.29 is 4.74 Å². The smallest absolute Gasteiger partial charge is 0.0544 e. The molecule has 1 saturated heterocycles. The number of rotatable bonds is 1. The first kappa shape index (κ1) is 7.60. The Morgan fingerprint density at radius 2 is 1.91 bits per heavy atom. The van der Waals surface area contributed by atoms with Crippen LogP contribution in [-0.2, 0) is 4.74 Å². The Labute approximate surface area is 69.1 Å². The van der Waals surface area contributed by atoms with Gasteiger partial charge < -0.3 is 4.74 Å². The van der Waals surface area contributed by atoms with Crippen LogP contribution >= 0.6 is 0 Å². The van der Waals surface area contributed by atoms with E-state index in [9.17, 15) is 0 Å². The van der Waals surface area contributed by atoms with Gasteiger partial charge in [-0.1, -0.05) is 13.3 Å². The third kappa shape index (κ3) is 1.31. The highest BCUT2D eigenvalue weighted by molar-refractivity contribution is 4.89. The Bertz CT molecular complexity index is 128. The van der Waals surface area contributed by atoms with Crippen molar-refractivity contribution in [2.75, 3.05) is 13.2 Å². The average molecular weight is 154 g/mol. The van der Waals surface area contributed by atoms with Gasteiger partial charge in [0.1, 0.15) is 0 Å². The van der Waals surface area contributed by atoms with Gasteiger partial charge in [0.2, 0.25) is 0 Å². The van der Waals surface area contributed by atoms with Crippen molar-refractivity contribution in [2.24, 2.45) is 11.3 Å². The van der Waals surface area contributed by atoms with E-state index in [2.05, 4.69) is 6.92 Å². The molecule has 0 atom stereocenters. The van der Waals surface area contributed by atoms with Gasteiger partial charge in [0.05, 0.1) is 13.2 Å². The minimum atomic E-state index is 0.658. The summed E-state index contributed by atoms with van der Waals surface area (Å²) in [5, 5.41) is 0. The van der Waals surface area contributed by atoms with Gasteiger partial charge in [-0.2, -0.15) is 0 Å². The second kappa shape index (κ2) is 2.78. The number of ether oxygens (including phenoxy) is 1. The molecule has 0 bridgehead atoms. The molecule has 64 valence electrons. The molecule has 1 saturated carbocycles. The fourth-order valence-electron chi connectivity index (χ4n) is 2.38. The van der Waals surface area contributed by atoms with Crippen molar-refractivity contribution in [3.8, 4) is 0 Å². The Morgan fingerprint density at radius 1 is 1.27 bits per heavy atom. The molecule has 11 heavy (non-hydrogen) atoms. The molecule has 0 aromatic heterocycles. The van der Waals surface area contributed by atoms with Gasteiger partial charge in [-0.05, 0) is 31.6 Å². The van der Waals surface area contributed by atoms with Gasteiger partial charge in [0, 0.05) is 5.41 Å². The first-order valence-corrected chi connectivity index (χ1v) is 4.92. The molecule has 1 heteroatoms. The topological polar surface area (TPSA) is 9.23 Å². The Kier molecular flexibility index (Phi) is 1.92. The lowest BCUT2D eigenvalue weighted by Gasteiger charge is -2.46. The molecule has 0 radical (unpaired) electrons. The highest BCUT2D eigenvalue weighted by atomic mass is 16.5. The van der Waals surface area contributed by atoms with E-state index in [1.807, 2.05) is 0 Å². The van der Waals surface area contributed by atoms with Crippen LogP contribution in [0.5, 0.6) is 0 Å². The van der Waals surface area contributed by atoms with E-state index in [0.717, 1.165) is 19.1 Å². The SMILES string of the molecule is CCC1CCC2(CC1)COC2. The van der Waals surface area contributed by atoms with Gasteiger partial charge in [-0.3, -0.25) is 0 Å². The monoisotopic (exact) mass is 154 g/mol. The average Bonchev–Trinajstić information content (AvgIpc) is 2.02. The van der Waals surface area contributed by atoms with Crippen LogP contribution in [0.3, 0.4) is 0 Å². The van der Waals surface area contributed by atoms with Crippen molar-refractivity contribution in [3.63, 3.8) is 0 Å². The molecule has 2 aliphatic rings. The summed E-state index contributed by atoms with van der Waals surface area (Å²) < 4.78 is 5.28. The first-order chi connectivity index (χ1) is 5.35. The second-order valence-electron chi connectivity index (χ2n) is 4.34. The maximum Gasteiger partial charge on any atom is 0.0544 e. The Balaban J connectivity index is 1.84. The zero-order chi connectivity index (χ0) is 7.73. The summed E-state index contributed by atoms with van der Waals surface area (Å²) in [5.74, 6) is 1.03. The van der Waals surface area contributed by atoms with Crippen molar-refractivity contribution in [1.29, 1.82) is 0 Å². The molecule has 0 unspecified atom stereocenters.